The molecule has 1 N–H and O–H groups in total. The van der Waals surface area contributed by atoms with Crippen LogP contribution in [-0.2, 0) is 23.9 Å². The monoisotopic (exact) mass is 430 g/mol. The minimum Gasteiger partial charge on any atom is -0.438 e. The van der Waals surface area contributed by atoms with E-state index in [4.69, 9.17) is 9.57 Å². The number of aromatic nitrogens is 3. The fourth-order valence-corrected chi connectivity index (χ4v) is 3.90. The van der Waals surface area contributed by atoms with E-state index in [0.29, 0.717) is 24.5 Å². The van der Waals surface area contributed by atoms with E-state index in [2.05, 4.69) is 20.3 Å². The van der Waals surface area contributed by atoms with Gasteiger partial charge >= 0.3 is 6.36 Å². The maximum Gasteiger partial charge on any atom is 0.573 e. The van der Waals surface area contributed by atoms with E-state index in [-0.39, 0.29) is 5.75 Å². The highest BCUT2D eigenvalue weighted by atomic mass is 19.4. The first-order valence-electron chi connectivity index (χ1n) is 9.50. The molecule has 3 heterocycles. The molecule has 0 saturated heterocycles. The van der Waals surface area contributed by atoms with Crippen molar-refractivity contribution in [1.82, 2.24) is 20.2 Å². The van der Waals surface area contributed by atoms with Crippen molar-refractivity contribution in [3.05, 3.63) is 71.9 Å². The third-order valence-electron chi connectivity index (χ3n) is 5.28. The van der Waals surface area contributed by atoms with Gasteiger partial charge in [-0.25, -0.2) is 5.48 Å². The minimum atomic E-state index is -4.73. The number of rotatable bonds is 4. The molecule has 0 amide bonds. The largest absolute Gasteiger partial charge is 0.573 e. The van der Waals surface area contributed by atoms with Gasteiger partial charge in [0.05, 0.1) is 17.6 Å². The zero-order valence-electron chi connectivity index (χ0n) is 16.3. The van der Waals surface area contributed by atoms with Crippen LogP contribution >= 0.6 is 0 Å². The van der Waals surface area contributed by atoms with Crippen molar-refractivity contribution in [3.63, 3.8) is 0 Å². The SMILES string of the molecule is Cn1nccc1-c1ccc(OC2=CC3(CCc4cc(OC(F)(F)F)ccc43)ON2)cn1. The molecule has 31 heavy (non-hydrogen) atoms. The van der Waals surface area contributed by atoms with Crippen LogP contribution in [0.5, 0.6) is 11.5 Å². The van der Waals surface area contributed by atoms with Crippen molar-refractivity contribution in [2.45, 2.75) is 24.8 Å². The van der Waals surface area contributed by atoms with Crippen molar-refractivity contribution < 1.29 is 27.5 Å². The molecule has 1 aliphatic heterocycles. The quantitative estimate of drug-likeness (QED) is 0.675. The van der Waals surface area contributed by atoms with Crippen LogP contribution in [0.3, 0.4) is 0 Å². The molecular weight excluding hydrogens is 413 g/mol. The fourth-order valence-electron chi connectivity index (χ4n) is 3.90. The van der Waals surface area contributed by atoms with Gasteiger partial charge in [-0.05, 0) is 54.3 Å². The Bertz CT molecular complexity index is 1160. The molecule has 10 heteroatoms. The normalized spacial score (nSPS) is 19.8. The van der Waals surface area contributed by atoms with Crippen molar-refractivity contribution in [3.8, 4) is 22.9 Å². The van der Waals surface area contributed by atoms with Gasteiger partial charge in [-0.3, -0.25) is 14.5 Å². The Morgan fingerprint density at radius 1 is 1.16 bits per heavy atom. The number of halogens is 3. The third-order valence-corrected chi connectivity index (χ3v) is 5.28. The van der Waals surface area contributed by atoms with Crippen LogP contribution in [0.1, 0.15) is 17.5 Å². The molecule has 1 unspecified atom stereocenters. The van der Waals surface area contributed by atoms with Crippen LogP contribution in [0.2, 0.25) is 0 Å². The topological polar surface area (TPSA) is 70.4 Å². The lowest BCUT2D eigenvalue weighted by atomic mass is 9.96. The molecule has 160 valence electrons. The number of alkyl halides is 3. The maximum atomic E-state index is 12.5. The predicted octanol–water partition coefficient (Wildman–Crippen LogP) is 3.98. The maximum absolute atomic E-state index is 12.5. The zero-order chi connectivity index (χ0) is 21.6. The van der Waals surface area contributed by atoms with E-state index in [1.807, 2.05) is 19.2 Å². The summed E-state index contributed by atoms with van der Waals surface area (Å²) in [7, 11) is 1.84. The number of ether oxygens (including phenoxy) is 2. The first kappa shape index (κ1) is 19.4. The van der Waals surface area contributed by atoms with Gasteiger partial charge in [0.25, 0.3) is 0 Å². The van der Waals surface area contributed by atoms with E-state index in [0.717, 1.165) is 22.5 Å². The second-order valence-electron chi connectivity index (χ2n) is 7.29. The molecular formula is C21H17F3N4O3. The van der Waals surface area contributed by atoms with E-state index in [9.17, 15) is 13.2 Å². The molecule has 1 aliphatic carbocycles. The number of nitrogens with one attached hydrogen (secondary N) is 1. The number of pyridine rings is 1. The van der Waals surface area contributed by atoms with Gasteiger partial charge in [0.2, 0.25) is 5.88 Å². The summed E-state index contributed by atoms with van der Waals surface area (Å²) in [5.74, 6) is 0.658. The summed E-state index contributed by atoms with van der Waals surface area (Å²) in [4.78, 5) is 10.2. The lowest BCUT2D eigenvalue weighted by molar-refractivity contribution is -0.274. The Hall–Kier alpha value is -3.53. The molecule has 2 aliphatic rings. The Kier molecular flexibility index (Phi) is 4.40. The first-order valence-corrected chi connectivity index (χ1v) is 9.50. The van der Waals surface area contributed by atoms with Crippen LogP contribution < -0.4 is 15.0 Å². The smallest absolute Gasteiger partial charge is 0.438 e. The average Bonchev–Trinajstić information content (AvgIpc) is 3.42. The molecule has 0 saturated carbocycles. The first-order chi connectivity index (χ1) is 14.8. The number of hydrogen-bond donors (Lipinski definition) is 1. The van der Waals surface area contributed by atoms with Gasteiger partial charge in [0, 0.05) is 19.3 Å². The molecule has 5 rings (SSSR count). The highest BCUT2D eigenvalue weighted by Gasteiger charge is 2.44. The van der Waals surface area contributed by atoms with Gasteiger partial charge < -0.3 is 9.47 Å². The molecule has 1 atom stereocenters. The van der Waals surface area contributed by atoms with E-state index in [1.54, 1.807) is 35.3 Å². The molecule has 1 aromatic carbocycles. The van der Waals surface area contributed by atoms with Gasteiger partial charge in [0.1, 0.15) is 17.1 Å². The van der Waals surface area contributed by atoms with Crippen LogP contribution in [-0.4, -0.2) is 21.1 Å². The molecule has 1 spiro atoms. The molecule has 0 bridgehead atoms. The molecule has 2 aromatic heterocycles. The Labute approximate surface area is 175 Å². The number of nitrogens with zero attached hydrogens (tertiary/aromatic N) is 3. The summed E-state index contributed by atoms with van der Waals surface area (Å²) in [5.41, 5.74) is 5.12. The number of aryl methyl sites for hydroxylation is 2. The fraction of sp³-hybridized carbons (Fsp3) is 0.238. The Morgan fingerprint density at radius 2 is 2.00 bits per heavy atom. The Morgan fingerprint density at radius 3 is 2.71 bits per heavy atom. The van der Waals surface area contributed by atoms with E-state index < -0.39 is 12.0 Å². The number of benzene rings is 1. The summed E-state index contributed by atoms with van der Waals surface area (Å²) in [6.45, 7) is 0. The van der Waals surface area contributed by atoms with Crippen molar-refractivity contribution in [2.75, 3.05) is 0 Å². The summed E-state index contributed by atoms with van der Waals surface area (Å²) in [6, 6.07) is 9.75. The standard InChI is InChI=1S/C21H17F3N4O3/c1-28-18(7-9-26-28)17-5-3-15(12-25-17)29-19-11-20(31-27-19)8-6-13-10-14(2-4-16(13)20)30-21(22,23)24/h2-5,7,9-12,27H,6,8H2,1H3. The van der Waals surface area contributed by atoms with Crippen molar-refractivity contribution in [2.24, 2.45) is 7.05 Å². The number of hydroxylamine groups is 1. The molecule has 0 fully saturated rings. The Balaban J connectivity index is 1.33. The van der Waals surface area contributed by atoms with E-state index >= 15 is 0 Å². The zero-order valence-corrected chi connectivity index (χ0v) is 16.3. The second kappa shape index (κ2) is 7.02. The van der Waals surface area contributed by atoms with Crippen LogP contribution in [0.4, 0.5) is 13.2 Å². The van der Waals surface area contributed by atoms with Crippen molar-refractivity contribution in [1.29, 1.82) is 0 Å². The van der Waals surface area contributed by atoms with Crippen LogP contribution in [0, 0.1) is 0 Å². The van der Waals surface area contributed by atoms with Gasteiger partial charge in [-0.1, -0.05) is 6.07 Å². The van der Waals surface area contributed by atoms with Crippen molar-refractivity contribution >= 4 is 0 Å². The number of hydrogen-bond acceptors (Lipinski definition) is 6. The predicted molar refractivity (Wildman–Crippen MR) is 102 cm³/mol. The summed E-state index contributed by atoms with van der Waals surface area (Å²) >= 11 is 0. The molecule has 3 aromatic rings. The van der Waals surface area contributed by atoms with Crippen LogP contribution in [0.15, 0.2) is 60.8 Å². The molecule has 7 nitrogen and oxygen atoms in total. The average molecular weight is 430 g/mol. The second-order valence-corrected chi connectivity index (χ2v) is 7.29. The van der Waals surface area contributed by atoms with Gasteiger partial charge in [-0.15, -0.1) is 13.2 Å². The highest BCUT2D eigenvalue weighted by molar-refractivity contribution is 5.54. The van der Waals surface area contributed by atoms with E-state index in [1.165, 1.54) is 12.1 Å². The van der Waals surface area contributed by atoms with Crippen LogP contribution in [0.25, 0.3) is 11.4 Å². The summed E-state index contributed by atoms with van der Waals surface area (Å²) in [6.07, 6.45) is 1.48. The van der Waals surface area contributed by atoms with Gasteiger partial charge in [0.15, 0.2) is 0 Å². The summed E-state index contributed by atoms with van der Waals surface area (Å²) < 4.78 is 49.0. The number of fused-ring (bicyclic) bond motifs is 2. The minimum absolute atomic E-state index is 0.241. The summed E-state index contributed by atoms with van der Waals surface area (Å²) in [5, 5.41) is 4.13. The lowest BCUT2D eigenvalue weighted by Gasteiger charge is -2.20. The molecule has 0 radical (unpaired) electrons. The highest BCUT2D eigenvalue weighted by Crippen LogP contribution is 2.45. The third kappa shape index (κ3) is 3.70. The van der Waals surface area contributed by atoms with Gasteiger partial charge in [-0.2, -0.15) is 5.10 Å². The lowest BCUT2D eigenvalue weighted by Crippen LogP contribution is -2.24.